The summed E-state index contributed by atoms with van der Waals surface area (Å²) in [6, 6.07) is -0.314. The highest BCUT2D eigenvalue weighted by molar-refractivity contribution is 7.84. The molecule has 7 heteroatoms. The molecule has 20 heavy (non-hydrogen) atoms. The van der Waals surface area contributed by atoms with Crippen LogP contribution < -0.4 is 10.6 Å². The Bertz CT molecular complexity index is 367. The minimum absolute atomic E-state index is 0.103. The predicted molar refractivity (Wildman–Crippen MR) is 78.1 cm³/mol. The van der Waals surface area contributed by atoms with Crippen molar-refractivity contribution < 1.29 is 18.9 Å². The van der Waals surface area contributed by atoms with E-state index >= 15 is 0 Å². The molecule has 3 N–H and O–H groups in total. The Kier molecular flexibility index (Phi) is 6.98. The van der Waals surface area contributed by atoms with Gasteiger partial charge in [-0.25, -0.2) is 4.79 Å². The van der Waals surface area contributed by atoms with Crippen LogP contribution in [-0.4, -0.2) is 46.4 Å². The maximum atomic E-state index is 11.6. The average molecular weight is 304 g/mol. The first-order valence-corrected chi connectivity index (χ1v) is 8.70. The highest BCUT2D eigenvalue weighted by Crippen LogP contribution is 2.38. The molecule has 0 bridgehead atoms. The van der Waals surface area contributed by atoms with E-state index in [9.17, 15) is 13.8 Å². The number of carboxylic acids is 1. The number of carbonyl (C=O) groups excluding carboxylic acids is 1. The normalized spacial score (nSPS) is 19.1. The standard InChI is InChI=1S/C13H24N2O4S/c1-20(19)8-7-14-12(18)15-10-13(9-11(16)17)5-3-2-4-6-13/h2-10H2,1H3,(H,16,17)(H2,14,15,18). The molecule has 0 aromatic carbocycles. The molecule has 0 aromatic heterocycles. The maximum Gasteiger partial charge on any atom is 0.314 e. The molecule has 0 heterocycles. The molecule has 1 aliphatic rings. The Balaban J connectivity index is 2.39. The lowest BCUT2D eigenvalue weighted by molar-refractivity contribution is -0.140. The van der Waals surface area contributed by atoms with Gasteiger partial charge in [0.1, 0.15) is 0 Å². The predicted octanol–water partition coefficient (Wildman–Crippen LogP) is 1.09. The van der Waals surface area contributed by atoms with Gasteiger partial charge in [-0.05, 0) is 18.3 Å². The minimum atomic E-state index is -0.927. The van der Waals surface area contributed by atoms with Crippen LogP contribution in [-0.2, 0) is 15.6 Å². The molecular weight excluding hydrogens is 280 g/mol. The number of amides is 2. The summed E-state index contributed by atoms with van der Waals surface area (Å²) in [7, 11) is -0.927. The van der Waals surface area contributed by atoms with Crippen LogP contribution in [0.5, 0.6) is 0 Å². The zero-order valence-electron chi connectivity index (χ0n) is 11.9. The van der Waals surface area contributed by atoms with Crippen molar-refractivity contribution in [3.05, 3.63) is 0 Å². The van der Waals surface area contributed by atoms with Crippen molar-refractivity contribution >= 4 is 22.8 Å². The van der Waals surface area contributed by atoms with Crippen molar-refractivity contribution in [2.75, 3.05) is 25.1 Å². The van der Waals surface area contributed by atoms with Gasteiger partial charge in [0.2, 0.25) is 0 Å². The Labute approximate surface area is 122 Å². The highest BCUT2D eigenvalue weighted by Gasteiger charge is 2.34. The maximum absolute atomic E-state index is 11.6. The van der Waals surface area contributed by atoms with E-state index in [-0.39, 0.29) is 17.9 Å². The van der Waals surface area contributed by atoms with Crippen LogP contribution in [0.4, 0.5) is 4.79 Å². The summed E-state index contributed by atoms with van der Waals surface area (Å²) in [5, 5.41) is 14.4. The van der Waals surface area contributed by atoms with Gasteiger partial charge in [0.05, 0.1) is 6.42 Å². The largest absolute Gasteiger partial charge is 0.481 e. The number of urea groups is 1. The van der Waals surface area contributed by atoms with Crippen LogP contribution in [0, 0.1) is 5.41 Å². The molecule has 116 valence electrons. The fourth-order valence-corrected chi connectivity index (χ4v) is 3.07. The van der Waals surface area contributed by atoms with Crippen LogP contribution in [0.3, 0.4) is 0 Å². The summed E-state index contributed by atoms with van der Waals surface area (Å²) in [5.74, 6) is -0.385. The molecule has 1 unspecified atom stereocenters. The first-order chi connectivity index (χ1) is 9.43. The van der Waals surface area contributed by atoms with Gasteiger partial charge in [-0.2, -0.15) is 0 Å². The van der Waals surface area contributed by atoms with Crippen molar-refractivity contribution in [3.8, 4) is 0 Å². The Morgan fingerprint density at radius 3 is 2.40 bits per heavy atom. The van der Waals surface area contributed by atoms with E-state index in [0.717, 1.165) is 32.1 Å². The van der Waals surface area contributed by atoms with Crippen molar-refractivity contribution in [2.45, 2.75) is 38.5 Å². The second kappa shape index (κ2) is 8.24. The third kappa shape index (κ3) is 6.36. The number of carbonyl (C=O) groups is 2. The summed E-state index contributed by atoms with van der Waals surface area (Å²) in [5.41, 5.74) is -0.311. The van der Waals surface area contributed by atoms with Crippen molar-refractivity contribution in [2.24, 2.45) is 5.41 Å². The van der Waals surface area contributed by atoms with Gasteiger partial charge in [-0.15, -0.1) is 0 Å². The number of rotatable bonds is 7. The van der Waals surface area contributed by atoms with Crippen LogP contribution in [0.15, 0.2) is 0 Å². The molecule has 1 atom stereocenters. The molecule has 0 aromatic rings. The van der Waals surface area contributed by atoms with Crippen LogP contribution in [0.1, 0.15) is 38.5 Å². The van der Waals surface area contributed by atoms with Crippen LogP contribution in [0.25, 0.3) is 0 Å². The Morgan fingerprint density at radius 1 is 1.20 bits per heavy atom. The molecule has 0 radical (unpaired) electrons. The minimum Gasteiger partial charge on any atom is -0.481 e. The first kappa shape index (κ1) is 16.9. The van der Waals surface area contributed by atoms with Gasteiger partial charge in [-0.1, -0.05) is 19.3 Å². The zero-order valence-corrected chi connectivity index (χ0v) is 12.8. The van der Waals surface area contributed by atoms with Gasteiger partial charge < -0.3 is 15.7 Å². The molecule has 2 amide bonds. The Hall–Kier alpha value is -1.11. The smallest absolute Gasteiger partial charge is 0.314 e. The van der Waals surface area contributed by atoms with E-state index in [4.69, 9.17) is 5.11 Å². The third-order valence-corrected chi connectivity index (χ3v) is 4.52. The van der Waals surface area contributed by atoms with E-state index in [2.05, 4.69) is 10.6 Å². The van der Waals surface area contributed by atoms with Crippen molar-refractivity contribution in [1.29, 1.82) is 0 Å². The van der Waals surface area contributed by atoms with Crippen molar-refractivity contribution in [3.63, 3.8) is 0 Å². The lowest BCUT2D eigenvalue weighted by atomic mass is 9.72. The van der Waals surface area contributed by atoms with Gasteiger partial charge in [0, 0.05) is 35.9 Å². The van der Waals surface area contributed by atoms with Gasteiger partial charge in [-0.3, -0.25) is 9.00 Å². The molecule has 0 aliphatic heterocycles. The molecule has 1 saturated carbocycles. The lowest BCUT2D eigenvalue weighted by Gasteiger charge is -2.36. The monoisotopic (exact) mass is 304 g/mol. The van der Waals surface area contributed by atoms with E-state index in [1.165, 1.54) is 0 Å². The van der Waals surface area contributed by atoms with E-state index < -0.39 is 16.8 Å². The Morgan fingerprint density at radius 2 is 1.85 bits per heavy atom. The summed E-state index contributed by atoms with van der Waals surface area (Å²) in [6.07, 6.45) is 6.56. The number of nitrogens with one attached hydrogen (secondary N) is 2. The molecule has 0 saturated heterocycles. The molecule has 1 aliphatic carbocycles. The van der Waals surface area contributed by atoms with E-state index in [1.54, 1.807) is 6.26 Å². The number of aliphatic carboxylic acids is 1. The molecular formula is C13H24N2O4S. The van der Waals surface area contributed by atoms with E-state index in [1.807, 2.05) is 0 Å². The second-order valence-corrected chi connectivity index (χ2v) is 7.07. The lowest BCUT2D eigenvalue weighted by Crippen LogP contribution is -2.45. The number of hydrogen-bond acceptors (Lipinski definition) is 3. The topological polar surface area (TPSA) is 95.5 Å². The quantitative estimate of drug-likeness (QED) is 0.656. The van der Waals surface area contributed by atoms with Crippen LogP contribution >= 0.6 is 0 Å². The summed E-state index contributed by atoms with van der Waals surface area (Å²) >= 11 is 0. The number of carboxylic acid groups (broad SMARTS) is 1. The summed E-state index contributed by atoms with van der Waals surface area (Å²) in [4.78, 5) is 22.6. The third-order valence-electron chi connectivity index (χ3n) is 3.74. The summed E-state index contributed by atoms with van der Waals surface area (Å²) in [6.45, 7) is 0.751. The van der Waals surface area contributed by atoms with Gasteiger partial charge >= 0.3 is 12.0 Å². The van der Waals surface area contributed by atoms with E-state index in [0.29, 0.717) is 18.8 Å². The SMILES string of the molecule is CS(=O)CCNC(=O)NCC1(CC(=O)O)CCCCC1. The molecule has 1 rings (SSSR count). The fourth-order valence-electron chi connectivity index (χ4n) is 2.68. The average Bonchev–Trinajstić information content (AvgIpc) is 2.36. The highest BCUT2D eigenvalue weighted by atomic mass is 32.2. The fraction of sp³-hybridized carbons (Fsp3) is 0.846. The molecule has 6 nitrogen and oxygen atoms in total. The van der Waals surface area contributed by atoms with Gasteiger partial charge in [0.15, 0.2) is 0 Å². The number of hydrogen-bond donors (Lipinski definition) is 3. The second-order valence-electron chi connectivity index (χ2n) is 5.52. The van der Waals surface area contributed by atoms with Crippen LogP contribution in [0.2, 0.25) is 0 Å². The molecule has 0 spiro atoms. The van der Waals surface area contributed by atoms with Gasteiger partial charge in [0.25, 0.3) is 0 Å². The van der Waals surface area contributed by atoms with Crippen molar-refractivity contribution in [1.82, 2.24) is 10.6 Å². The molecule has 1 fully saturated rings. The first-order valence-electron chi connectivity index (χ1n) is 6.97. The summed E-state index contributed by atoms with van der Waals surface area (Å²) < 4.78 is 10.9. The zero-order chi connectivity index (χ0) is 15.0.